The molecule has 0 aliphatic carbocycles. The van der Waals surface area contributed by atoms with E-state index in [2.05, 4.69) is 4.98 Å². The average molecular weight is 245 g/mol. The monoisotopic (exact) mass is 244 g/mol. The molecular formula is C11H14Cl2N2. The fourth-order valence-corrected chi connectivity index (χ4v) is 1.50. The van der Waals surface area contributed by atoms with Crippen LogP contribution in [0.2, 0.25) is 0 Å². The second-order valence-electron chi connectivity index (χ2n) is 3.21. The van der Waals surface area contributed by atoms with Gasteiger partial charge in [0, 0.05) is 17.6 Å². The van der Waals surface area contributed by atoms with E-state index in [1.54, 1.807) is 6.20 Å². The van der Waals surface area contributed by atoms with Crippen LogP contribution in [0.25, 0.3) is 10.9 Å². The Morgan fingerprint density at radius 1 is 1.13 bits per heavy atom. The first kappa shape index (κ1) is 14.2. The van der Waals surface area contributed by atoms with Crippen molar-refractivity contribution in [2.45, 2.75) is 13.0 Å². The molecule has 2 N–H and O–H groups in total. The molecule has 0 amide bonds. The van der Waals surface area contributed by atoms with E-state index in [0.717, 1.165) is 16.5 Å². The van der Waals surface area contributed by atoms with Crippen LogP contribution in [0.15, 0.2) is 36.5 Å². The molecule has 4 heteroatoms. The Labute approximate surface area is 102 Å². The highest BCUT2D eigenvalue weighted by Crippen LogP contribution is 2.20. The summed E-state index contributed by atoms with van der Waals surface area (Å²) >= 11 is 0. The Morgan fingerprint density at radius 3 is 2.47 bits per heavy atom. The average Bonchev–Trinajstić information content (AvgIpc) is 2.17. The quantitative estimate of drug-likeness (QED) is 0.838. The number of rotatable bonds is 1. The van der Waals surface area contributed by atoms with Gasteiger partial charge in [0.25, 0.3) is 0 Å². The number of pyridine rings is 1. The molecule has 1 heterocycles. The van der Waals surface area contributed by atoms with E-state index in [1.807, 2.05) is 37.3 Å². The van der Waals surface area contributed by atoms with Gasteiger partial charge in [-0.1, -0.05) is 24.3 Å². The molecular weight excluding hydrogens is 231 g/mol. The number of nitrogens with zero attached hydrogens (tertiary/aromatic N) is 1. The van der Waals surface area contributed by atoms with Crippen molar-refractivity contribution < 1.29 is 0 Å². The Hall–Kier alpha value is -0.830. The van der Waals surface area contributed by atoms with Gasteiger partial charge in [-0.05, 0) is 18.6 Å². The summed E-state index contributed by atoms with van der Waals surface area (Å²) < 4.78 is 0. The summed E-state index contributed by atoms with van der Waals surface area (Å²) in [6, 6.07) is 10.1. The van der Waals surface area contributed by atoms with Crippen molar-refractivity contribution in [2.75, 3.05) is 0 Å². The normalized spacial score (nSPS) is 11.3. The van der Waals surface area contributed by atoms with Gasteiger partial charge in [0.2, 0.25) is 0 Å². The minimum atomic E-state index is 0. The molecule has 15 heavy (non-hydrogen) atoms. The van der Waals surface area contributed by atoms with Gasteiger partial charge in [-0.15, -0.1) is 24.8 Å². The molecule has 2 rings (SSSR count). The minimum absolute atomic E-state index is 0. The second-order valence-corrected chi connectivity index (χ2v) is 3.21. The Kier molecular flexibility index (Phi) is 5.58. The number of aromatic nitrogens is 1. The molecule has 0 spiro atoms. The molecule has 1 atom stereocenters. The predicted molar refractivity (Wildman–Crippen MR) is 68.8 cm³/mol. The van der Waals surface area contributed by atoms with Crippen molar-refractivity contribution in [3.63, 3.8) is 0 Å². The smallest absolute Gasteiger partial charge is 0.0749 e. The van der Waals surface area contributed by atoms with Gasteiger partial charge < -0.3 is 5.73 Å². The highest BCUT2D eigenvalue weighted by molar-refractivity contribution is 5.85. The number of para-hydroxylation sites is 1. The van der Waals surface area contributed by atoms with Gasteiger partial charge in [0.1, 0.15) is 0 Å². The van der Waals surface area contributed by atoms with Crippen molar-refractivity contribution in [3.8, 4) is 0 Å². The molecule has 0 unspecified atom stereocenters. The van der Waals surface area contributed by atoms with Crippen LogP contribution in [0.3, 0.4) is 0 Å². The SMILES string of the molecule is C[C@@H](N)c1cccc2cccnc12.Cl.Cl. The van der Waals surface area contributed by atoms with Crippen LogP contribution in [0.4, 0.5) is 0 Å². The number of fused-ring (bicyclic) bond motifs is 1. The molecule has 0 radical (unpaired) electrons. The zero-order valence-electron chi connectivity index (χ0n) is 8.38. The summed E-state index contributed by atoms with van der Waals surface area (Å²) in [5, 5.41) is 1.15. The minimum Gasteiger partial charge on any atom is -0.324 e. The molecule has 0 saturated carbocycles. The number of hydrogen-bond acceptors (Lipinski definition) is 2. The molecule has 0 aliphatic heterocycles. The van der Waals surface area contributed by atoms with Gasteiger partial charge in [-0.2, -0.15) is 0 Å². The lowest BCUT2D eigenvalue weighted by molar-refractivity contribution is 0.824. The van der Waals surface area contributed by atoms with Gasteiger partial charge in [0.05, 0.1) is 5.52 Å². The lowest BCUT2D eigenvalue weighted by Gasteiger charge is -2.07. The molecule has 2 nitrogen and oxygen atoms in total. The summed E-state index contributed by atoms with van der Waals surface area (Å²) in [6.45, 7) is 1.98. The Balaban J connectivity index is 0.000000980. The van der Waals surface area contributed by atoms with Crippen LogP contribution < -0.4 is 5.73 Å². The third-order valence-corrected chi connectivity index (χ3v) is 2.15. The number of halogens is 2. The maximum Gasteiger partial charge on any atom is 0.0749 e. The summed E-state index contributed by atoms with van der Waals surface area (Å²) in [5.41, 5.74) is 7.96. The standard InChI is InChI=1S/C11H12N2.2ClH/c1-8(12)10-6-2-4-9-5-3-7-13-11(9)10;;/h2-8H,12H2,1H3;2*1H/t8-;;/m1../s1. The third-order valence-electron chi connectivity index (χ3n) is 2.15. The van der Waals surface area contributed by atoms with E-state index in [4.69, 9.17) is 5.73 Å². The second kappa shape index (κ2) is 5.91. The van der Waals surface area contributed by atoms with Crippen molar-refractivity contribution >= 4 is 35.7 Å². The van der Waals surface area contributed by atoms with Crippen molar-refractivity contribution in [1.82, 2.24) is 4.98 Å². The maximum absolute atomic E-state index is 5.84. The summed E-state index contributed by atoms with van der Waals surface area (Å²) in [7, 11) is 0. The zero-order chi connectivity index (χ0) is 9.26. The number of benzene rings is 1. The van der Waals surface area contributed by atoms with Gasteiger partial charge in [0.15, 0.2) is 0 Å². The van der Waals surface area contributed by atoms with Crippen molar-refractivity contribution in [1.29, 1.82) is 0 Å². The molecule has 0 saturated heterocycles. The van der Waals surface area contributed by atoms with E-state index in [1.165, 1.54) is 0 Å². The van der Waals surface area contributed by atoms with Crippen LogP contribution in [-0.2, 0) is 0 Å². The first-order valence-corrected chi connectivity index (χ1v) is 4.38. The van der Waals surface area contributed by atoms with Crippen molar-refractivity contribution in [3.05, 3.63) is 42.1 Å². The van der Waals surface area contributed by atoms with Crippen LogP contribution in [0, 0.1) is 0 Å². The Bertz CT molecular complexity index is 424. The molecule has 82 valence electrons. The first-order valence-electron chi connectivity index (χ1n) is 4.38. The molecule has 1 aromatic carbocycles. The summed E-state index contributed by atoms with van der Waals surface area (Å²) in [5.74, 6) is 0. The number of nitrogens with two attached hydrogens (primary N) is 1. The lowest BCUT2D eigenvalue weighted by atomic mass is 10.1. The fourth-order valence-electron chi connectivity index (χ4n) is 1.50. The summed E-state index contributed by atoms with van der Waals surface area (Å²) in [6.07, 6.45) is 1.80. The maximum atomic E-state index is 5.84. The largest absolute Gasteiger partial charge is 0.324 e. The molecule has 1 aromatic heterocycles. The van der Waals surface area contributed by atoms with E-state index < -0.39 is 0 Å². The molecule has 0 aliphatic rings. The van der Waals surface area contributed by atoms with E-state index in [-0.39, 0.29) is 30.9 Å². The van der Waals surface area contributed by atoms with Crippen LogP contribution >= 0.6 is 24.8 Å². The zero-order valence-corrected chi connectivity index (χ0v) is 10.0. The van der Waals surface area contributed by atoms with Gasteiger partial charge in [-0.25, -0.2) is 0 Å². The molecule has 2 aromatic rings. The first-order chi connectivity index (χ1) is 6.29. The molecule has 0 bridgehead atoms. The van der Waals surface area contributed by atoms with Gasteiger partial charge >= 0.3 is 0 Å². The van der Waals surface area contributed by atoms with Crippen LogP contribution in [0.1, 0.15) is 18.5 Å². The highest BCUT2D eigenvalue weighted by Gasteiger charge is 2.04. The predicted octanol–water partition coefficient (Wildman–Crippen LogP) is 3.10. The topological polar surface area (TPSA) is 38.9 Å². The van der Waals surface area contributed by atoms with Crippen molar-refractivity contribution in [2.24, 2.45) is 5.73 Å². The van der Waals surface area contributed by atoms with Crippen LogP contribution in [0.5, 0.6) is 0 Å². The fraction of sp³-hybridized carbons (Fsp3) is 0.182. The highest BCUT2D eigenvalue weighted by atomic mass is 35.5. The molecule has 0 fully saturated rings. The number of hydrogen-bond donors (Lipinski definition) is 1. The lowest BCUT2D eigenvalue weighted by Crippen LogP contribution is -2.05. The van der Waals surface area contributed by atoms with E-state index >= 15 is 0 Å². The van der Waals surface area contributed by atoms with Gasteiger partial charge in [-0.3, -0.25) is 4.98 Å². The Morgan fingerprint density at radius 2 is 1.80 bits per heavy atom. The van der Waals surface area contributed by atoms with E-state index in [0.29, 0.717) is 0 Å². The van der Waals surface area contributed by atoms with E-state index in [9.17, 15) is 0 Å². The third kappa shape index (κ3) is 2.81. The summed E-state index contributed by atoms with van der Waals surface area (Å²) in [4.78, 5) is 4.32. The van der Waals surface area contributed by atoms with Crippen LogP contribution in [-0.4, -0.2) is 4.98 Å².